The van der Waals surface area contributed by atoms with Gasteiger partial charge in [-0.15, -0.1) is 12.4 Å². The maximum atomic E-state index is 11.7. The van der Waals surface area contributed by atoms with Crippen LogP contribution < -0.4 is 21.3 Å². The lowest BCUT2D eigenvalue weighted by molar-refractivity contribution is -0.118. The van der Waals surface area contributed by atoms with E-state index in [9.17, 15) is 14.7 Å². The van der Waals surface area contributed by atoms with Crippen LogP contribution in [0.25, 0.3) is 0 Å². The van der Waals surface area contributed by atoms with Gasteiger partial charge < -0.3 is 21.1 Å². The first-order valence-electron chi connectivity index (χ1n) is 10.5. The molecule has 1 unspecified atom stereocenters. The Morgan fingerprint density at radius 1 is 1.19 bits per heavy atom. The number of anilines is 2. The van der Waals surface area contributed by atoms with Gasteiger partial charge in [-0.1, -0.05) is 30.0 Å². The van der Waals surface area contributed by atoms with Crippen molar-refractivity contribution >= 4 is 46.8 Å². The van der Waals surface area contributed by atoms with Gasteiger partial charge in [-0.2, -0.15) is 0 Å². The van der Waals surface area contributed by atoms with Crippen LogP contribution in [0.5, 0.6) is 0 Å². The van der Waals surface area contributed by atoms with Crippen molar-refractivity contribution in [2.75, 3.05) is 30.3 Å². The molecule has 2 atom stereocenters. The maximum absolute atomic E-state index is 11.7. The van der Waals surface area contributed by atoms with Gasteiger partial charge in [0, 0.05) is 43.1 Å². The van der Waals surface area contributed by atoms with Gasteiger partial charge >= 0.3 is 0 Å². The number of amides is 2. The summed E-state index contributed by atoms with van der Waals surface area (Å²) in [7, 11) is 0. The SMILES string of the molecule is Cl.Nc1ccc([C@@H](O)CNC2CCN(c3ccc(CC4SC(=O)NC4=O)cc3)CC2)cn1. The van der Waals surface area contributed by atoms with E-state index in [2.05, 4.69) is 32.7 Å². The Labute approximate surface area is 197 Å². The monoisotopic (exact) mass is 477 g/mol. The number of benzene rings is 1. The summed E-state index contributed by atoms with van der Waals surface area (Å²) in [6, 6.07) is 12.1. The predicted octanol–water partition coefficient (Wildman–Crippen LogP) is 2.27. The van der Waals surface area contributed by atoms with Crippen molar-refractivity contribution < 1.29 is 14.7 Å². The molecule has 10 heteroatoms. The van der Waals surface area contributed by atoms with Crippen LogP contribution in [0, 0.1) is 0 Å². The molecular formula is C22H28ClN5O3S. The molecule has 172 valence electrons. The number of piperidine rings is 1. The highest BCUT2D eigenvalue weighted by Crippen LogP contribution is 2.25. The van der Waals surface area contributed by atoms with E-state index in [0.29, 0.717) is 24.8 Å². The fourth-order valence-electron chi connectivity index (χ4n) is 3.94. The molecule has 2 saturated heterocycles. The van der Waals surface area contributed by atoms with E-state index in [-0.39, 0.29) is 28.8 Å². The topological polar surface area (TPSA) is 121 Å². The van der Waals surface area contributed by atoms with E-state index < -0.39 is 6.10 Å². The molecule has 0 aliphatic carbocycles. The third kappa shape index (κ3) is 6.13. The van der Waals surface area contributed by atoms with Gasteiger partial charge in [0.25, 0.3) is 5.24 Å². The number of thioether (sulfide) groups is 1. The minimum atomic E-state index is -0.603. The van der Waals surface area contributed by atoms with Gasteiger partial charge in [-0.3, -0.25) is 14.9 Å². The number of carbonyl (C=O) groups excluding carboxylic acids is 2. The zero-order chi connectivity index (χ0) is 21.8. The first-order valence-corrected chi connectivity index (χ1v) is 11.3. The van der Waals surface area contributed by atoms with E-state index >= 15 is 0 Å². The summed E-state index contributed by atoms with van der Waals surface area (Å²) in [6.45, 7) is 2.36. The number of nitrogens with two attached hydrogens (primary N) is 1. The van der Waals surface area contributed by atoms with E-state index in [1.807, 2.05) is 12.1 Å². The highest BCUT2D eigenvalue weighted by atomic mass is 35.5. The Balaban J connectivity index is 0.00000289. The summed E-state index contributed by atoms with van der Waals surface area (Å²) in [5.74, 6) is 0.244. The summed E-state index contributed by atoms with van der Waals surface area (Å²) >= 11 is 1.06. The van der Waals surface area contributed by atoms with Gasteiger partial charge in [0.15, 0.2) is 0 Å². The van der Waals surface area contributed by atoms with Gasteiger partial charge in [0.05, 0.1) is 11.4 Å². The number of hydrogen-bond donors (Lipinski definition) is 4. The van der Waals surface area contributed by atoms with Crippen LogP contribution in [0.2, 0.25) is 0 Å². The van der Waals surface area contributed by atoms with Crippen molar-refractivity contribution in [3.63, 3.8) is 0 Å². The van der Waals surface area contributed by atoms with Crippen molar-refractivity contribution in [2.45, 2.75) is 36.7 Å². The third-order valence-corrected chi connectivity index (χ3v) is 6.76. The normalized spacial score (nSPS) is 20.0. The molecule has 2 fully saturated rings. The van der Waals surface area contributed by atoms with Crippen LogP contribution in [0.4, 0.5) is 16.3 Å². The van der Waals surface area contributed by atoms with Crippen LogP contribution in [0.3, 0.4) is 0 Å². The number of rotatable bonds is 7. The second-order valence-electron chi connectivity index (χ2n) is 7.96. The average Bonchev–Trinajstić information content (AvgIpc) is 3.10. The van der Waals surface area contributed by atoms with Gasteiger partial charge in [0.2, 0.25) is 5.91 Å². The number of aliphatic hydroxyl groups is 1. The van der Waals surface area contributed by atoms with Crippen LogP contribution in [0.1, 0.15) is 30.1 Å². The number of imide groups is 1. The summed E-state index contributed by atoms with van der Waals surface area (Å²) in [5.41, 5.74) is 8.56. The molecule has 0 saturated carbocycles. The quantitative estimate of drug-likeness (QED) is 0.479. The standard InChI is InChI=1S/C22H27N5O3S.ClH/c23-20-6-3-15(12-25-20)18(28)13-24-16-7-9-27(10-8-16)17-4-1-14(2-5-17)11-19-21(29)26-22(30)31-19;/h1-6,12,16,18-19,24,28H,7-11,13H2,(H2,23,25)(H,26,29,30);1H/t18-,19?;/m0./s1. The predicted molar refractivity (Wildman–Crippen MR) is 129 cm³/mol. The molecule has 1 aromatic carbocycles. The molecule has 2 amide bonds. The van der Waals surface area contributed by atoms with Crippen LogP contribution in [-0.2, 0) is 11.2 Å². The minimum Gasteiger partial charge on any atom is -0.387 e. The first kappa shape index (κ1) is 24.3. The zero-order valence-electron chi connectivity index (χ0n) is 17.6. The van der Waals surface area contributed by atoms with Crippen molar-refractivity contribution in [3.8, 4) is 0 Å². The van der Waals surface area contributed by atoms with E-state index in [4.69, 9.17) is 5.73 Å². The van der Waals surface area contributed by atoms with Crippen LogP contribution >= 0.6 is 24.2 Å². The van der Waals surface area contributed by atoms with Crippen molar-refractivity contribution in [1.82, 2.24) is 15.6 Å². The lowest BCUT2D eigenvalue weighted by atomic mass is 10.0. The van der Waals surface area contributed by atoms with Gasteiger partial charge in [-0.05, 0) is 43.0 Å². The van der Waals surface area contributed by atoms with Crippen molar-refractivity contribution in [1.29, 1.82) is 0 Å². The lowest BCUT2D eigenvalue weighted by Gasteiger charge is -2.34. The number of aromatic nitrogens is 1. The molecule has 4 rings (SSSR count). The third-order valence-electron chi connectivity index (χ3n) is 5.78. The molecule has 8 nitrogen and oxygen atoms in total. The lowest BCUT2D eigenvalue weighted by Crippen LogP contribution is -2.43. The average molecular weight is 478 g/mol. The van der Waals surface area contributed by atoms with Gasteiger partial charge in [-0.25, -0.2) is 4.98 Å². The van der Waals surface area contributed by atoms with Crippen molar-refractivity contribution in [3.05, 3.63) is 53.7 Å². The number of nitrogen functional groups attached to an aromatic ring is 1. The maximum Gasteiger partial charge on any atom is 0.286 e. The minimum absolute atomic E-state index is 0. The smallest absolute Gasteiger partial charge is 0.286 e. The highest BCUT2D eigenvalue weighted by molar-refractivity contribution is 8.15. The summed E-state index contributed by atoms with van der Waals surface area (Å²) < 4.78 is 0. The van der Waals surface area contributed by atoms with E-state index in [1.54, 1.807) is 18.3 Å². The number of pyridine rings is 1. The second kappa shape index (κ2) is 11.0. The fourth-order valence-corrected chi connectivity index (χ4v) is 4.80. The van der Waals surface area contributed by atoms with Crippen LogP contribution in [-0.4, -0.2) is 52.2 Å². The molecule has 0 bridgehead atoms. The fraction of sp³-hybridized carbons (Fsp3) is 0.409. The van der Waals surface area contributed by atoms with E-state index in [1.165, 1.54) is 0 Å². The molecule has 2 aliphatic rings. The summed E-state index contributed by atoms with van der Waals surface area (Å²) in [4.78, 5) is 29.4. The number of nitrogens with one attached hydrogen (secondary N) is 2. The molecule has 5 N–H and O–H groups in total. The van der Waals surface area contributed by atoms with Crippen LogP contribution in [0.15, 0.2) is 42.6 Å². The zero-order valence-corrected chi connectivity index (χ0v) is 19.2. The highest BCUT2D eigenvalue weighted by Gasteiger charge is 2.31. The number of halogens is 1. The summed E-state index contributed by atoms with van der Waals surface area (Å²) in [5, 5.41) is 15.5. The molecule has 1 aromatic heterocycles. The molecule has 0 spiro atoms. The number of aliphatic hydroxyl groups excluding tert-OH is 1. The first-order chi connectivity index (χ1) is 15.0. The molecule has 2 aromatic rings. The largest absolute Gasteiger partial charge is 0.387 e. The number of hydrogen-bond acceptors (Lipinski definition) is 8. The molecule has 2 aliphatic heterocycles. The number of nitrogens with zero attached hydrogens (tertiary/aromatic N) is 2. The Morgan fingerprint density at radius 3 is 2.50 bits per heavy atom. The Hall–Kier alpha value is -2.33. The number of carbonyl (C=O) groups is 2. The Bertz CT molecular complexity index is 920. The summed E-state index contributed by atoms with van der Waals surface area (Å²) in [6.07, 6.45) is 3.56. The van der Waals surface area contributed by atoms with Gasteiger partial charge in [0.1, 0.15) is 5.82 Å². The molecule has 32 heavy (non-hydrogen) atoms. The molecule has 0 radical (unpaired) electrons. The molecular weight excluding hydrogens is 450 g/mol. The van der Waals surface area contributed by atoms with Crippen molar-refractivity contribution in [2.24, 2.45) is 0 Å². The second-order valence-corrected chi connectivity index (χ2v) is 9.13. The van der Waals surface area contributed by atoms with E-state index in [0.717, 1.165) is 54.5 Å². The molecule has 3 heterocycles. The Kier molecular flexibility index (Phi) is 8.36. The Morgan fingerprint density at radius 2 is 1.91 bits per heavy atom.